The first kappa shape index (κ1) is 6.97. The van der Waals surface area contributed by atoms with Crippen LogP contribution in [-0.4, -0.2) is 0 Å². The zero-order valence-electron chi connectivity index (χ0n) is 6.61. The van der Waals surface area contributed by atoms with Crippen LogP contribution in [0.25, 0.3) is 21.3 Å². The summed E-state index contributed by atoms with van der Waals surface area (Å²) in [6, 6.07) is 7.00. The quantitative estimate of drug-likeness (QED) is 0.545. The molecule has 0 fully saturated rings. The standard InChI is InChI=1S/C10H6O2S/c11-6-2-1-3-7-9(6)10-8(12-7)4-5-13-10/h1-5,11H/p-1. The number of hydrogen-bond acceptors (Lipinski definition) is 3. The van der Waals surface area contributed by atoms with Crippen LogP contribution in [0.1, 0.15) is 0 Å². The molecule has 2 nitrogen and oxygen atoms in total. The molecular weight excluding hydrogens is 184 g/mol. The van der Waals surface area contributed by atoms with Crippen LogP contribution >= 0.6 is 11.3 Å². The second kappa shape index (κ2) is 2.26. The molecule has 2 heterocycles. The van der Waals surface area contributed by atoms with Crippen molar-refractivity contribution in [3.05, 3.63) is 29.6 Å². The molecule has 0 atom stereocenters. The van der Waals surface area contributed by atoms with Crippen molar-refractivity contribution in [3.8, 4) is 5.75 Å². The summed E-state index contributed by atoms with van der Waals surface area (Å²) in [5.41, 5.74) is 1.50. The Morgan fingerprint density at radius 1 is 1.15 bits per heavy atom. The number of rotatable bonds is 0. The number of fused-ring (bicyclic) bond motifs is 3. The van der Waals surface area contributed by atoms with Crippen molar-refractivity contribution < 1.29 is 9.52 Å². The largest absolute Gasteiger partial charge is 0.872 e. The molecule has 0 aliphatic heterocycles. The van der Waals surface area contributed by atoms with E-state index in [1.807, 2.05) is 17.5 Å². The summed E-state index contributed by atoms with van der Waals surface area (Å²) < 4.78 is 6.44. The first-order valence-corrected chi connectivity index (χ1v) is 4.80. The second-order valence-corrected chi connectivity index (χ2v) is 3.76. The normalized spacial score (nSPS) is 11.4. The van der Waals surface area contributed by atoms with E-state index in [0.29, 0.717) is 11.0 Å². The molecule has 0 aliphatic rings. The van der Waals surface area contributed by atoms with Gasteiger partial charge in [0, 0.05) is 5.39 Å². The molecule has 0 aliphatic carbocycles. The van der Waals surface area contributed by atoms with Crippen LogP contribution in [0.4, 0.5) is 0 Å². The topological polar surface area (TPSA) is 36.2 Å². The Morgan fingerprint density at radius 2 is 2.08 bits per heavy atom. The molecule has 3 heteroatoms. The molecule has 64 valence electrons. The van der Waals surface area contributed by atoms with Crippen molar-refractivity contribution >= 4 is 32.6 Å². The van der Waals surface area contributed by atoms with Gasteiger partial charge in [-0.1, -0.05) is 17.9 Å². The minimum absolute atomic E-state index is 0.0405. The molecule has 0 unspecified atom stereocenters. The summed E-state index contributed by atoms with van der Waals surface area (Å²) in [4.78, 5) is 0. The van der Waals surface area contributed by atoms with Crippen LogP contribution in [0.2, 0.25) is 0 Å². The Hall–Kier alpha value is -1.48. The highest BCUT2D eigenvalue weighted by Crippen LogP contribution is 2.36. The SMILES string of the molecule is [O-]c1cccc2oc3ccsc3c12. The molecule has 2 aromatic heterocycles. The van der Waals surface area contributed by atoms with Crippen molar-refractivity contribution in [2.24, 2.45) is 0 Å². The molecule has 3 aromatic rings. The number of thiophene rings is 1. The second-order valence-electron chi connectivity index (χ2n) is 2.85. The smallest absolute Gasteiger partial charge is 0.146 e. The first-order valence-electron chi connectivity index (χ1n) is 3.92. The fourth-order valence-electron chi connectivity index (χ4n) is 1.50. The molecule has 13 heavy (non-hydrogen) atoms. The molecule has 0 spiro atoms. The summed E-state index contributed by atoms with van der Waals surface area (Å²) in [5.74, 6) is 0.0405. The Bertz CT molecular complexity index is 577. The fourth-order valence-corrected chi connectivity index (χ4v) is 2.37. The van der Waals surface area contributed by atoms with Crippen molar-refractivity contribution in [1.29, 1.82) is 0 Å². The fraction of sp³-hybridized carbons (Fsp3) is 0. The summed E-state index contributed by atoms with van der Waals surface area (Å²) in [5, 5.41) is 14.1. The van der Waals surface area contributed by atoms with E-state index in [1.54, 1.807) is 23.5 Å². The van der Waals surface area contributed by atoms with E-state index in [0.717, 1.165) is 10.3 Å². The molecule has 0 amide bonds. The summed E-state index contributed by atoms with van der Waals surface area (Å²) >= 11 is 1.54. The maximum atomic E-state index is 11.5. The first-order chi connectivity index (χ1) is 6.36. The average molecular weight is 189 g/mol. The molecule has 0 saturated carbocycles. The Balaban J connectivity index is 2.68. The third-order valence-corrected chi connectivity index (χ3v) is 2.98. The van der Waals surface area contributed by atoms with Gasteiger partial charge < -0.3 is 9.52 Å². The van der Waals surface area contributed by atoms with E-state index in [2.05, 4.69) is 0 Å². The van der Waals surface area contributed by atoms with Crippen LogP contribution in [0.15, 0.2) is 34.1 Å². The van der Waals surface area contributed by atoms with Crippen LogP contribution in [0.5, 0.6) is 5.75 Å². The van der Waals surface area contributed by atoms with Crippen molar-refractivity contribution in [1.82, 2.24) is 0 Å². The van der Waals surface area contributed by atoms with Gasteiger partial charge in [0.15, 0.2) is 0 Å². The summed E-state index contributed by atoms with van der Waals surface area (Å²) in [7, 11) is 0. The third kappa shape index (κ3) is 0.820. The predicted molar refractivity (Wildman–Crippen MR) is 51.0 cm³/mol. The van der Waals surface area contributed by atoms with Crippen LogP contribution in [0.3, 0.4) is 0 Å². The zero-order chi connectivity index (χ0) is 8.84. The molecule has 1 aromatic carbocycles. The van der Waals surface area contributed by atoms with Gasteiger partial charge in [-0.05, 0) is 17.5 Å². The molecule has 0 radical (unpaired) electrons. The van der Waals surface area contributed by atoms with Gasteiger partial charge in [-0.25, -0.2) is 0 Å². The van der Waals surface area contributed by atoms with E-state index >= 15 is 0 Å². The third-order valence-electron chi connectivity index (χ3n) is 2.06. The Kier molecular flexibility index (Phi) is 1.21. The highest BCUT2D eigenvalue weighted by Gasteiger charge is 2.06. The minimum Gasteiger partial charge on any atom is -0.872 e. The van der Waals surface area contributed by atoms with E-state index in [4.69, 9.17) is 4.42 Å². The monoisotopic (exact) mass is 189 g/mol. The lowest BCUT2D eigenvalue weighted by atomic mass is 10.2. The van der Waals surface area contributed by atoms with Gasteiger partial charge in [0.1, 0.15) is 11.2 Å². The van der Waals surface area contributed by atoms with Gasteiger partial charge in [0.05, 0.1) is 4.70 Å². The number of benzene rings is 1. The summed E-state index contributed by atoms with van der Waals surface area (Å²) in [6.45, 7) is 0. The highest BCUT2D eigenvalue weighted by molar-refractivity contribution is 7.18. The van der Waals surface area contributed by atoms with Crippen molar-refractivity contribution in [2.45, 2.75) is 0 Å². The molecule has 3 rings (SSSR count). The number of hydrogen-bond donors (Lipinski definition) is 0. The number of furan rings is 1. The lowest BCUT2D eigenvalue weighted by Crippen LogP contribution is -1.88. The maximum Gasteiger partial charge on any atom is 0.146 e. The van der Waals surface area contributed by atoms with Crippen molar-refractivity contribution in [2.75, 3.05) is 0 Å². The van der Waals surface area contributed by atoms with Gasteiger partial charge in [-0.3, -0.25) is 0 Å². The van der Waals surface area contributed by atoms with Gasteiger partial charge in [0.25, 0.3) is 0 Å². The highest BCUT2D eigenvalue weighted by atomic mass is 32.1. The summed E-state index contributed by atoms with van der Waals surface area (Å²) in [6.07, 6.45) is 0. The van der Waals surface area contributed by atoms with Gasteiger partial charge in [-0.2, -0.15) is 0 Å². The molecule has 0 saturated heterocycles. The van der Waals surface area contributed by atoms with E-state index in [9.17, 15) is 5.11 Å². The lowest BCUT2D eigenvalue weighted by Gasteiger charge is -2.03. The van der Waals surface area contributed by atoms with Crippen LogP contribution in [0, 0.1) is 0 Å². The van der Waals surface area contributed by atoms with E-state index in [1.165, 1.54) is 0 Å². The lowest BCUT2D eigenvalue weighted by molar-refractivity contribution is -0.265. The van der Waals surface area contributed by atoms with Crippen LogP contribution < -0.4 is 5.11 Å². The Labute approximate surface area is 78.0 Å². The van der Waals surface area contributed by atoms with Gasteiger partial charge >= 0.3 is 0 Å². The minimum atomic E-state index is 0.0405. The van der Waals surface area contributed by atoms with Gasteiger partial charge in [-0.15, -0.1) is 11.3 Å². The molecule has 0 bridgehead atoms. The maximum absolute atomic E-state index is 11.5. The molecule has 0 N–H and O–H groups in total. The van der Waals surface area contributed by atoms with E-state index in [-0.39, 0.29) is 5.75 Å². The predicted octanol–water partition coefficient (Wildman–Crippen LogP) is 2.72. The van der Waals surface area contributed by atoms with E-state index < -0.39 is 0 Å². The Morgan fingerprint density at radius 3 is 3.00 bits per heavy atom. The van der Waals surface area contributed by atoms with Crippen molar-refractivity contribution in [3.63, 3.8) is 0 Å². The zero-order valence-corrected chi connectivity index (χ0v) is 7.43. The van der Waals surface area contributed by atoms with Gasteiger partial charge in [0.2, 0.25) is 0 Å². The average Bonchev–Trinajstić information content (AvgIpc) is 2.62. The van der Waals surface area contributed by atoms with Crippen LogP contribution in [-0.2, 0) is 0 Å². The molecular formula is C10H5O2S-.